The molecule has 0 aliphatic carbocycles. The van der Waals surface area contributed by atoms with Crippen LogP contribution in [0.2, 0.25) is 0 Å². The fourth-order valence-electron chi connectivity index (χ4n) is 2.09. The van der Waals surface area contributed by atoms with Gasteiger partial charge in [0.15, 0.2) is 0 Å². The molecule has 0 spiro atoms. The second kappa shape index (κ2) is 4.45. The first-order valence-electron chi connectivity index (χ1n) is 5.83. The number of aliphatic imine (C=N–C) groups is 1. The number of rotatable bonds is 1. The Morgan fingerprint density at radius 3 is 2.67 bits per heavy atom. The number of hydrogen-bond acceptors (Lipinski definition) is 2. The van der Waals surface area contributed by atoms with Crippen molar-refractivity contribution >= 4 is 17.8 Å². The molecule has 18 heavy (non-hydrogen) atoms. The maximum Gasteiger partial charge on any atom is 0.246 e. The average molecular weight is 236 g/mol. The fourth-order valence-corrected chi connectivity index (χ4v) is 2.09. The molecule has 3 nitrogen and oxygen atoms in total. The van der Waals surface area contributed by atoms with Crippen LogP contribution in [0.25, 0.3) is 11.1 Å². The smallest absolute Gasteiger partial charge is 0.246 e. The largest absolute Gasteiger partial charge is 0.324 e. The van der Waals surface area contributed by atoms with E-state index in [1.807, 2.05) is 36.4 Å². The van der Waals surface area contributed by atoms with E-state index in [0.29, 0.717) is 0 Å². The quantitative estimate of drug-likeness (QED) is 0.812. The normalized spacial score (nSPS) is 13.7. The number of hydrogen-bond donors (Lipinski definition) is 1. The zero-order valence-electron chi connectivity index (χ0n) is 9.76. The average Bonchev–Trinajstić information content (AvgIpc) is 2.60. The molecule has 1 heterocycles. The first kappa shape index (κ1) is 10.7. The van der Waals surface area contributed by atoms with Crippen molar-refractivity contribution in [2.24, 2.45) is 4.99 Å². The molecule has 1 aliphatic rings. The van der Waals surface area contributed by atoms with Crippen molar-refractivity contribution in [3.05, 3.63) is 54.1 Å². The highest BCUT2D eigenvalue weighted by atomic mass is 16.1. The Morgan fingerprint density at radius 1 is 1.00 bits per heavy atom. The Hall–Kier alpha value is -2.42. The topological polar surface area (TPSA) is 41.5 Å². The van der Waals surface area contributed by atoms with Crippen LogP contribution in [-0.2, 0) is 4.79 Å². The lowest BCUT2D eigenvalue weighted by molar-refractivity contribution is -0.114. The van der Waals surface area contributed by atoms with E-state index >= 15 is 0 Å². The molecule has 2 aromatic carbocycles. The van der Waals surface area contributed by atoms with Crippen molar-refractivity contribution in [3.63, 3.8) is 0 Å². The number of carbonyl (C=O) groups is 1. The number of fused-ring (bicyclic) bond motifs is 1. The molecular weight excluding hydrogens is 224 g/mol. The Balaban J connectivity index is 2.18. The van der Waals surface area contributed by atoms with Gasteiger partial charge in [-0.15, -0.1) is 0 Å². The molecule has 0 saturated carbocycles. The van der Waals surface area contributed by atoms with Crippen LogP contribution in [-0.4, -0.2) is 18.7 Å². The van der Waals surface area contributed by atoms with Crippen LogP contribution in [0.15, 0.2) is 53.5 Å². The van der Waals surface area contributed by atoms with Gasteiger partial charge in [0.05, 0.1) is 5.69 Å². The zero-order valence-corrected chi connectivity index (χ0v) is 9.76. The summed E-state index contributed by atoms with van der Waals surface area (Å²) in [5, 5.41) is 2.87. The highest BCUT2D eigenvalue weighted by Gasteiger charge is 2.13. The third-order valence-corrected chi connectivity index (χ3v) is 2.92. The van der Waals surface area contributed by atoms with Gasteiger partial charge < -0.3 is 5.32 Å². The van der Waals surface area contributed by atoms with Gasteiger partial charge in [-0.2, -0.15) is 0 Å². The van der Waals surface area contributed by atoms with Crippen LogP contribution in [0.3, 0.4) is 0 Å². The van der Waals surface area contributed by atoms with Gasteiger partial charge in [0.1, 0.15) is 6.54 Å². The molecule has 0 aromatic heterocycles. The van der Waals surface area contributed by atoms with E-state index in [4.69, 9.17) is 0 Å². The minimum Gasteiger partial charge on any atom is -0.324 e. The molecule has 3 heteroatoms. The van der Waals surface area contributed by atoms with E-state index in [1.165, 1.54) is 0 Å². The first-order chi connectivity index (χ1) is 8.84. The van der Waals surface area contributed by atoms with Crippen molar-refractivity contribution < 1.29 is 4.79 Å². The summed E-state index contributed by atoms with van der Waals surface area (Å²) in [6, 6.07) is 16.0. The molecule has 0 radical (unpaired) electrons. The van der Waals surface area contributed by atoms with Gasteiger partial charge in [-0.05, 0) is 17.2 Å². The van der Waals surface area contributed by atoms with Crippen molar-refractivity contribution in [1.29, 1.82) is 0 Å². The van der Waals surface area contributed by atoms with Crippen molar-refractivity contribution in [1.82, 2.24) is 0 Å². The summed E-state index contributed by atoms with van der Waals surface area (Å²) in [6.45, 7) is 0.183. The summed E-state index contributed by atoms with van der Waals surface area (Å²) in [5.74, 6) is -0.0739. The van der Waals surface area contributed by atoms with Crippen LogP contribution < -0.4 is 5.32 Å². The summed E-state index contributed by atoms with van der Waals surface area (Å²) in [6.07, 6.45) is 1.77. The minimum absolute atomic E-state index is 0.0739. The molecular formula is C15H12N2O. The van der Waals surface area contributed by atoms with Crippen molar-refractivity contribution in [3.8, 4) is 11.1 Å². The molecule has 3 rings (SSSR count). The molecule has 1 N–H and O–H groups in total. The maximum atomic E-state index is 11.5. The van der Waals surface area contributed by atoms with Gasteiger partial charge >= 0.3 is 0 Å². The Labute approximate surface area is 105 Å². The van der Waals surface area contributed by atoms with E-state index in [0.717, 1.165) is 22.4 Å². The third-order valence-electron chi connectivity index (χ3n) is 2.92. The number of carbonyl (C=O) groups excluding carboxylic acids is 1. The van der Waals surface area contributed by atoms with Crippen LogP contribution in [0.5, 0.6) is 0 Å². The van der Waals surface area contributed by atoms with E-state index in [-0.39, 0.29) is 12.5 Å². The van der Waals surface area contributed by atoms with Gasteiger partial charge in [0.2, 0.25) is 5.91 Å². The van der Waals surface area contributed by atoms with Gasteiger partial charge in [0.25, 0.3) is 0 Å². The molecule has 0 bridgehead atoms. The Kier molecular flexibility index (Phi) is 2.65. The lowest BCUT2D eigenvalue weighted by Crippen LogP contribution is -2.13. The van der Waals surface area contributed by atoms with Crippen LogP contribution >= 0.6 is 0 Å². The van der Waals surface area contributed by atoms with Crippen LogP contribution in [0.1, 0.15) is 5.56 Å². The number of nitrogens with one attached hydrogen (secondary N) is 1. The zero-order chi connectivity index (χ0) is 12.4. The second-order valence-corrected chi connectivity index (χ2v) is 4.15. The molecule has 2 aromatic rings. The fraction of sp³-hybridized carbons (Fsp3) is 0.0667. The summed E-state index contributed by atoms with van der Waals surface area (Å²) >= 11 is 0. The van der Waals surface area contributed by atoms with Gasteiger partial charge in [0, 0.05) is 11.8 Å². The van der Waals surface area contributed by atoms with Crippen molar-refractivity contribution in [2.45, 2.75) is 0 Å². The molecule has 0 saturated heterocycles. The Bertz CT molecular complexity index is 618. The Morgan fingerprint density at radius 2 is 1.83 bits per heavy atom. The van der Waals surface area contributed by atoms with Gasteiger partial charge in [-0.3, -0.25) is 9.79 Å². The number of benzodiazepines with no additional fused rings is 1. The third kappa shape index (κ3) is 1.91. The second-order valence-electron chi connectivity index (χ2n) is 4.15. The minimum atomic E-state index is -0.0739. The SMILES string of the molecule is O=C1CN=Cc2c(cccc2-c2ccccc2)N1. The number of amides is 1. The summed E-state index contributed by atoms with van der Waals surface area (Å²) in [4.78, 5) is 15.6. The number of benzene rings is 2. The first-order valence-corrected chi connectivity index (χ1v) is 5.83. The number of nitrogens with zero attached hydrogens (tertiary/aromatic N) is 1. The van der Waals surface area contributed by atoms with E-state index < -0.39 is 0 Å². The predicted molar refractivity (Wildman–Crippen MR) is 73.0 cm³/mol. The monoisotopic (exact) mass is 236 g/mol. The summed E-state index contributed by atoms with van der Waals surface area (Å²) < 4.78 is 0. The lowest BCUT2D eigenvalue weighted by Gasteiger charge is -2.10. The highest BCUT2D eigenvalue weighted by molar-refractivity contribution is 6.05. The standard InChI is InChI=1S/C15H12N2O/c18-15-10-16-9-13-12(7-4-8-14(13)17-15)11-5-2-1-3-6-11/h1-9H,10H2,(H,17,18). The highest BCUT2D eigenvalue weighted by Crippen LogP contribution is 2.28. The van der Waals surface area contributed by atoms with E-state index in [1.54, 1.807) is 6.21 Å². The van der Waals surface area contributed by atoms with Crippen LogP contribution in [0, 0.1) is 0 Å². The molecule has 0 atom stereocenters. The molecule has 88 valence electrons. The summed E-state index contributed by atoms with van der Waals surface area (Å²) in [7, 11) is 0. The lowest BCUT2D eigenvalue weighted by atomic mass is 9.99. The molecule has 1 aliphatic heterocycles. The predicted octanol–water partition coefficient (Wildman–Crippen LogP) is 2.72. The maximum absolute atomic E-state index is 11.5. The van der Waals surface area contributed by atoms with Gasteiger partial charge in [-0.25, -0.2) is 0 Å². The summed E-state index contributed by atoms with van der Waals surface area (Å²) in [5.41, 5.74) is 3.99. The van der Waals surface area contributed by atoms with E-state index in [9.17, 15) is 4.79 Å². The molecule has 0 unspecified atom stereocenters. The van der Waals surface area contributed by atoms with Crippen molar-refractivity contribution in [2.75, 3.05) is 11.9 Å². The van der Waals surface area contributed by atoms with Crippen LogP contribution in [0.4, 0.5) is 5.69 Å². The van der Waals surface area contributed by atoms with E-state index in [2.05, 4.69) is 22.4 Å². The molecule has 1 amide bonds. The molecule has 0 fully saturated rings. The van der Waals surface area contributed by atoms with Gasteiger partial charge in [-0.1, -0.05) is 42.5 Å². The number of anilines is 1.